The molecule has 1 aromatic carbocycles. The Hall–Kier alpha value is -1.12. The van der Waals surface area contributed by atoms with Crippen LogP contribution < -0.4 is 5.32 Å². The Morgan fingerprint density at radius 1 is 1.18 bits per heavy atom. The Morgan fingerprint density at radius 2 is 1.91 bits per heavy atom. The van der Waals surface area contributed by atoms with Crippen LogP contribution in [0.1, 0.15) is 19.3 Å². The summed E-state index contributed by atoms with van der Waals surface area (Å²) < 4.78 is 52.5. The predicted octanol–water partition coefficient (Wildman–Crippen LogP) is 1.47. The highest BCUT2D eigenvalue weighted by atomic mass is 32.2. The molecule has 0 bridgehead atoms. The molecule has 8 heteroatoms. The summed E-state index contributed by atoms with van der Waals surface area (Å²) in [5, 5.41) is 3.07. The Labute approximate surface area is 131 Å². The summed E-state index contributed by atoms with van der Waals surface area (Å²) in [6, 6.07) is 4.12. The summed E-state index contributed by atoms with van der Waals surface area (Å²) in [5.41, 5.74) is 0.424. The summed E-state index contributed by atoms with van der Waals surface area (Å²) >= 11 is 0. The zero-order chi connectivity index (χ0) is 16.4. The number of nitrogens with one attached hydrogen (secondary N) is 1. The van der Waals surface area contributed by atoms with Crippen molar-refractivity contribution in [2.45, 2.75) is 35.2 Å². The highest BCUT2D eigenvalue weighted by Crippen LogP contribution is 2.25. The number of hydrogen-bond donors (Lipinski definition) is 1. The second-order valence-corrected chi connectivity index (χ2v) is 9.55. The molecule has 0 radical (unpaired) electrons. The van der Waals surface area contributed by atoms with Gasteiger partial charge in [0, 0.05) is 25.7 Å². The van der Waals surface area contributed by atoms with Crippen LogP contribution in [0, 0.1) is 0 Å². The lowest BCUT2D eigenvalue weighted by Crippen LogP contribution is -2.14. The predicted molar refractivity (Wildman–Crippen MR) is 84.7 cm³/mol. The Balaban J connectivity index is 2.19. The van der Waals surface area contributed by atoms with E-state index in [9.17, 15) is 16.8 Å². The Morgan fingerprint density at radius 3 is 2.45 bits per heavy atom. The zero-order valence-electron chi connectivity index (χ0n) is 12.7. The Bertz CT molecular complexity index is 734. The molecule has 0 saturated carbocycles. The van der Waals surface area contributed by atoms with Crippen LogP contribution in [-0.2, 0) is 24.4 Å². The molecule has 0 spiro atoms. The van der Waals surface area contributed by atoms with Gasteiger partial charge >= 0.3 is 0 Å². The molecule has 1 aliphatic rings. The van der Waals surface area contributed by atoms with Gasteiger partial charge in [0.05, 0.1) is 21.6 Å². The molecule has 1 saturated heterocycles. The highest BCUT2D eigenvalue weighted by Gasteiger charge is 2.19. The number of hydrogen-bond acceptors (Lipinski definition) is 6. The Kier molecular flexibility index (Phi) is 5.14. The first-order valence-electron chi connectivity index (χ1n) is 7.07. The topological polar surface area (TPSA) is 89.5 Å². The van der Waals surface area contributed by atoms with E-state index in [2.05, 4.69) is 5.32 Å². The van der Waals surface area contributed by atoms with E-state index >= 15 is 0 Å². The van der Waals surface area contributed by atoms with Crippen molar-refractivity contribution in [2.75, 3.05) is 31.0 Å². The lowest BCUT2D eigenvalue weighted by atomic mass is 10.2. The van der Waals surface area contributed by atoms with E-state index in [1.165, 1.54) is 18.2 Å². The SMILES string of the molecule is CS(=O)(=O)c1ccc(NCC[C@H]2CCCO2)c(S(C)(=O)=O)c1. The quantitative estimate of drug-likeness (QED) is 0.838. The van der Waals surface area contributed by atoms with E-state index in [-0.39, 0.29) is 15.9 Å². The molecule has 2 rings (SSSR count). The second kappa shape index (κ2) is 6.55. The number of anilines is 1. The van der Waals surface area contributed by atoms with Crippen LogP contribution >= 0.6 is 0 Å². The third kappa shape index (κ3) is 4.44. The number of ether oxygens (including phenoxy) is 1. The first-order chi connectivity index (χ1) is 10.2. The third-order valence-corrected chi connectivity index (χ3v) is 5.83. The fraction of sp³-hybridized carbons (Fsp3) is 0.571. The first kappa shape index (κ1) is 17.2. The lowest BCUT2D eigenvalue weighted by molar-refractivity contribution is 0.107. The highest BCUT2D eigenvalue weighted by molar-refractivity contribution is 7.91. The number of rotatable bonds is 6. The van der Waals surface area contributed by atoms with Crippen LogP contribution in [-0.4, -0.2) is 48.6 Å². The van der Waals surface area contributed by atoms with Crippen molar-refractivity contribution >= 4 is 25.4 Å². The fourth-order valence-electron chi connectivity index (χ4n) is 2.43. The maximum Gasteiger partial charge on any atom is 0.177 e. The van der Waals surface area contributed by atoms with Crippen molar-refractivity contribution in [3.8, 4) is 0 Å². The minimum atomic E-state index is -3.52. The monoisotopic (exact) mass is 347 g/mol. The van der Waals surface area contributed by atoms with E-state index in [4.69, 9.17) is 4.74 Å². The molecule has 124 valence electrons. The van der Waals surface area contributed by atoms with Crippen molar-refractivity contribution in [1.82, 2.24) is 0 Å². The molecule has 22 heavy (non-hydrogen) atoms. The van der Waals surface area contributed by atoms with Gasteiger partial charge in [-0.25, -0.2) is 16.8 Å². The number of sulfone groups is 2. The van der Waals surface area contributed by atoms with Crippen LogP contribution in [0.3, 0.4) is 0 Å². The standard InChI is InChI=1S/C14H21NO5S2/c1-21(16,17)12-5-6-13(14(10-12)22(2,18)19)15-8-7-11-4-3-9-20-11/h5-6,10-11,15H,3-4,7-9H2,1-2H3/t11-/m1/s1. The minimum Gasteiger partial charge on any atom is -0.384 e. The van der Waals surface area contributed by atoms with Gasteiger partial charge in [0.25, 0.3) is 0 Å². The average Bonchev–Trinajstić information content (AvgIpc) is 2.89. The molecule has 1 fully saturated rings. The van der Waals surface area contributed by atoms with Gasteiger partial charge in [-0.2, -0.15) is 0 Å². The summed E-state index contributed by atoms with van der Waals surface area (Å²) in [4.78, 5) is 0.000339. The molecular formula is C14H21NO5S2. The smallest absolute Gasteiger partial charge is 0.177 e. The maximum atomic E-state index is 11.9. The van der Waals surface area contributed by atoms with Crippen molar-refractivity contribution in [3.63, 3.8) is 0 Å². The minimum absolute atomic E-state index is 0.00222. The molecule has 0 amide bonds. The fourth-order valence-corrected chi connectivity index (χ4v) is 4.03. The van der Waals surface area contributed by atoms with E-state index in [1.807, 2.05) is 0 Å². The van der Waals surface area contributed by atoms with Gasteiger partial charge in [0.15, 0.2) is 19.7 Å². The van der Waals surface area contributed by atoms with Gasteiger partial charge in [-0.05, 0) is 37.5 Å². The van der Waals surface area contributed by atoms with Gasteiger partial charge in [-0.15, -0.1) is 0 Å². The van der Waals surface area contributed by atoms with E-state index in [0.717, 1.165) is 38.4 Å². The van der Waals surface area contributed by atoms with E-state index < -0.39 is 19.7 Å². The zero-order valence-corrected chi connectivity index (χ0v) is 14.3. The number of benzene rings is 1. The third-order valence-electron chi connectivity index (χ3n) is 3.59. The second-order valence-electron chi connectivity index (χ2n) is 5.55. The van der Waals surface area contributed by atoms with Gasteiger partial charge in [-0.3, -0.25) is 0 Å². The molecule has 1 heterocycles. The summed E-state index contributed by atoms with van der Waals surface area (Å²) in [7, 11) is -6.97. The van der Waals surface area contributed by atoms with Crippen LogP contribution in [0.2, 0.25) is 0 Å². The van der Waals surface area contributed by atoms with Crippen molar-refractivity contribution in [2.24, 2.45) is 0 Å². The van der Waals surface area contributed by atoms with E-state index in [0.29, 0.717) is 12.2 Å². The van der Waals surface area contributed by atoms with Gasteiger partial charge in [0.1, 0.15) is 0 Å². The van der Waals surface area contributed by atoms with Crippen molar-refractivity contribution < 1.29 is 21.6 Å². The molecular weight excluding hydrogens is 326 g/mol. The van der Waals surface area contributed by atoms with Crippen LogP contribution in [0.25, 0.3) is 0 Å². The summed E-state index contributed by atoms with van der Waals surface area (Å²) in [6.45, 7) is 1.35. The maximum absolute atomic E-state index is 11.9. The molecule has 1 atom stereocenters. The molecule has 1 N–H and O–H groups in total. The molecule has 0 aromatic heterocycles. The normalized spacial score (nSPS) is 19.3. The molecule has 1 aliphatic heterocycles. The van der Waals surface area contributed by atoms with Crippen molar-refractivity contribution in [3.05, 3.63) is 18.2 Å². The van der Waals surface area contributed by atoms with Crippen LogP contribution in [0.15, 0.2) is 28.0 Å². The average molecular weight is 347 g/mol. The van der Waals surface area contributed by atoms with Crippen molar-refractivity contribution in [1.29, 1.82) is 0 Å². The summed E-state index contributed by atoms with van der Waals surface area (Å²) in [5.74, 6) is 0. The van der Waals surface area contributed by atoms with Gasteiger partial charge < -0.3 is 10.1 Å². The summed E-state index contributed by atoms with van der Waals surface area (Å²) in [6.07, 6.45) is 5.20. The van der Waals surface area contributed by atoms with Gasteiger partial charge in [-0.1, -0.05) is 0 Å². The molecule has 6 nitrogen and oxygen atoms in total. The molecule has 0 unspecified atom stereocenters. The van der Waals surface area contributed by atoms with Gasteiger partial charge in [0.2, 0.25) is 0 Å². The molecule has 1 aromatic rings. The van der Waals surface area contributed by atoms with Crippen LogP contribution in [0.5, 0.6) is 0 Å². The largest absolute Gasteiger partial charge is 0.384 e. The lowest BCUT2D eigenvalue weighted by Gasteiger charge is -2.14. The molecule has 0 aliphatic carbocycles. The van der Waals surface area contributed by atoms with Crippen LogP contribution in [0.4, 0.5) is 5.69 Å². The first-order valence-corrected chi connectivity index (χ1v) is 10.9. The van der Waals surface area contributed by atoms with E-state index in [1.54, 1.807) is 0 Å².